The largest absolute Gasteiger partial charge is 0.493 e. The fourth-order valence-electron chi connectivity index (χ4n) is 0.569. The fourth-order valence-corrected chi connectivity index (χ4v) is 0.569. The molecule has 0 unspecified atom stereocenters. The molecule has 0 atom stereocenters. The van der Waals surface area contributed by atoms with Crippen LogP contribution in [0.3, 0.4) is 0 Å². The minimum Gasteiger partial charge on any atom is -0.493 e. The average molecular weight is 126 g/mol. The molecule has 0 aromatic heterocycles. The zero-order valence-corrected chi connectivity index (χ0v) is 4.79. The zero-order valence-electron chi connectivity index (χ0n) is 4.79. The molecule has 3 nitrogen and oxygen atoms in total. The number of ether oxygens (including phenoxy) is 1. The highest BCUT2D eigenvalue weighted by molar-refractivity contribution is 6.05. The van der Waals surface area contributed by atoms with Crippen LogP contribution in [0, 0.1) is 0 Å². The van der Waals surface area contributed by atoms with Crippen molar-refractivity contribution in [2.45, 2.75) is 6.42 Å². The van der Waals surface area contributed by atoms with Crippen LogP contribution in [0.25, 0.3) is 0 Å². The Labute approximate surface area is 52.3 Å². The van der Waals surface area contributed by atoms with Gasteiger partial charge in [0.25, 0.3) is 0 Å². The standard InChI is InChI=1S/C6H6O3/c7-5-1-2-9-4-6(8)3-5/h1-2H,3-4H2. The Morgan fingerprint density at radius 1 is 1.44 bits per heavy atom. The molecule has 9 heavy (non-hydrogen) atoms. The van der Waals surface area contributed by atoms with Crippen molar-refractivity contribution >= 4 is 11.6 Å². The van der Waals surface area contributed by atoms with Crippen molar-refractivity contribution in [2.75, 3.05) is 6.61 Å². The van der Waals surface area contributed by atoms with Gasteiger partial charge >= 0.3 is 0 Å². The van der Waals surface area contributed by atoms with Gasteiger partial charge in [-0.1, -0.05) is 0 Å². The highest BCUT2D eigenvalue weighted by atomic mass is 16.5. The van der Waals surface area contributed by atoms with Gasteiger partial charge in [0, 0.05) is 6.08 Å². The first-order chi connectivity index (χ1) is 4.29. The SMILES string of the molecule is O=C1C=COCC(=O)C1. The van der Waals surface area contributed by atoms with Crippen LogP contribution in [0.15, 0.2) is 12.3 Å². The number of allylic oxidation sites excluding steroid dienone is 1. The first kappa shape index (κ1) is 6.01. The maximum atomic E-state index is 10.5. The summed E-state index contributed by atoms with van der Waals surface area (Å²) in [5.74, 6) is -0.345. The number of carbonyl (C=O) groups is 2. The Bertz CT molecular complexity index is 169. The van der Waals surface area contributed by atoms with Crippen molar-refractivity contribution in [1.29, 1.82) is 0 Å². The summed E-state index contributed by atoms with van der Waals surface area (Å²) in [6.07, 6.45) is 2.51. The molecule has 0 bridgehead atoms. The van der Waals surface area contributed by atoms with Crippen LogP contribution in [0.1, 0.15) is 6.42 Å². The molecule has 0 aromatic rings. The van der Waals surface area contributed by atoms with Crippen molar-refractivity contribution in [3.8, 4) is 0 Å². The first-order valence-corrected chi connectivity index (χ1v) is 2.62. The van der Waals surface area contributed by atoms with Crippen LogP contribution < -0.4 is 0 Å². The molecular weight excluding hydrogens is 120 g/mol. The number of carbonyl (C=O) groups excluding carboxylic acids is 2. The van der Waals surface area contributed by atoms with Gasteiger partial charge < -0.3 is 4.74 Å². The Hall–Kier alpha value is -1.12. The molecular formula is C6H6O3. The van der Waals surface area contributed by atoms with Crippen LogP contribution in [0.2, 0.25) is 0 Å². The van der Waals surface area contributed by atoms with Crippen molar-refractivity contribution in [3.63, 3.8) is 0 Å². The van der Waals surface area contributed by atoms with E-state index >= 15 is 0 Å². The predicted octanol–water partition coefficient (Wildman–Crippen LogP) is 0.0586. The molecule has 1 rings (SSSR count). The summed E-state index contributed by atoms with van der Waals surface area (Å²) >= 11 is 0. The topological polar surface area (TPSA) is 43.4 Å². The second-order valence-electron chi connectivity index (χ2n) is 1.80. The van der Waals surface area contributed by atoms with E-state index in [0.29, 0.717) is 0 Å². The number of hydrogen-bond acceptors (Lipinski definition) is 3. The van der Waals surface area contributed by atoms with E-state index in [4.69, 9.17) is 0 Å². The Balaban J connectivity index is 2.61. The molecule has 0 aliphatic carbocycles. The summed E-state index contributed by atoms with van der Waals surface area (Å²) in [6.45, 7) is 0.0300. The highest BCUT2D eigenvalue weighted by Crippen LogP contribution is 1.95. The molecule has 1 heterocycles. The average Bonchev–Trinajstić information content (AvgIpc) is 1.93. The summed E-state index contributed by atoms with van der Waals surface area (Å²) in [5.41, 5.74) is 0. The van der Waals surface area contributed by atoms with Crippen LogP contribution in [0.5, 0.6) is 0 Å². The van der Waals surface area contributed by atoms with Gasteiger partial charge in [-0.15, -0.1) is 0 Å². The van der Waals surface area contributed by atoms with E-state index in [0.717, 1.165) is 0 Å². The maximum Gasteiger partial charge on any atom is 0.177 e. The van der Waals surface area contributed by atoms with Gasteiger partial charge in [-0.05, 0) is 0 Å². The third kappa shape index (κ3) is 1.68. The molecule has 0 spiro atoms. The summed E-state index contributed by atoms with van der Waals surface area (Å²) in [5, 5.41) is 0. The Morgan fingerprint density at radius 2 is 2.22 bits per heavy atom. The van der Waals surface area contributed by atoms with E-state index < -0.39 is 0 Å². The molecule has 48 valence electrons. The first-order valence-electron chi connectivity index (χ1n) is 2.62. The van der Waals surface area contributed by atoms with Gasteiger partial charge in [-0.2, -0.15) is 0 Å². The van der Waals surface area contributed by atoms with Crippen molar-refractivity contribution in [1.82, 2.24) is 0 Å². The minimum absolute atomic E-state index is 0.0174. The number of hydrogen-bond donors (Lipinski definition) is 0. The van der Waals surface area contributed by atoms with E-state index in [1.54, 1.807) is 0 Å². The summed E-state index contributed by atoms with van der Waals surface area (Å²) in [7, 11) is 0. The van der Waals surface area contributed by atoms with Gasteiger partial charge in [0.05, 0.1) is 12.7 Å². The zero-order chi connectivity index (χ0) is 6.69. The molecule has 0 amide bonds. The second kappa shape index (κ2) is 2.44. The van der Waals surface area contributed by atoms with Crippen LogP contribution >= 0.6 is 0 Å². The molecule has 3 heteroatoms. The van der Waals surface area contributed by atoms with Crippen LogP contribution in [-0.4, -0.2) is 18.2 Å². The summed E-state index contributed by atoms with van der Waals surface area (Å²) < 4.78 is 4.63. The Morgan fingerprint density at radius 3 is 3.00 bits per heavy atom. The van der Waals surface area contributed by atoms with E-state index in [1.165, 1.54) is 12.3 Å². The number of rotatable bonds is 0. The molecule has 1 aliphatic heterocycles. The van der Waals surface area contributed by atoms with Crippen molar-refractivity contribution in [2.24, 2.45) is 0 Å². The Kier molecular flexibility index (Phi) is 1.63. The second-order valence-corrected chi connectivity index (χ2v) is 1.80. The van der Waals surface area contributed by atoms with Crippen molar-refractivity contribution in [3.05, 3.63) is 12.3 Å². The van der Waals surface area contributed by atoms with Gasteiger partial charge in [0.1, 0.15) is 6.61 Å². The predicted molar refractivity (Wildman–Crippen MR) is 29.7 cm³/mol. The molecule has 0 aromatic carbocycles. The van der Waals surface area contributed by atoms with Crippen LogP contribution in [0.4, 0.5) is 0 Å². The lowest BCUT2D eigenvalue weighted by Gasteiger charge is -1.90. The molecule has 0 fully saturated rings. The van der Waals surface area contributed by atoms with Crippen molar-refractivity contribution < 1.29 is 14.3 Å². The fraction of sp³-hybridized carbons (Fsp3) is 0.333. The third-order valence-corrected chi connectivity index (χ3v) is 0.966. The van der Waals surface area contributed by atoms with E-state index in [9.17, 15) is 9.59 Å². The lowest BCUT2D eigenvalue weighted by molar-refractivity contribution is -0.125. The van der Waals surface area contributed by atoms with E-state index in [-0.39, 0.29) is 24.6 Å². The molecule has 0 N–H and O–H groups in total. The number of ketones is 2. The third-order valence-electron chi connectivity index (χ3n) is 0.966. The summed E-state index contributed by atoms with van der Waals surface area (Å²) in [6, 6.07) is 0. The molecule has 1 aliphatic rings. The molecule has 0 radical (unpaired) electrons. The lowest BCUT2D eigenvalue weighted by Crippen LogP contribution is -2.07. The summed E-state index contributed by atoms with van der Waals surface area (Å²) in [4.78, 5) is 21.0. The molecule has 0 saturated carbocycles. The maximum absolute atomic E-state index is 10.5. The smallest absolute Gasteiger partial charge is 0.177 e. The van der Waals surface area contributed by atoms with Crippen LogP contribution in [-0.2, 0) is 14.3 Å². The lowest BCUT2D eigenvalue weighted by atomic mass is 10.2. The van der Waals surface area contributed by atoms with E-state index in [2.05, 4.69) is 4.74 Å². The van der Waals surface area contributed by atoms with Gasteiger partial charge in [0.15, 0.2) is 11.6 Å². The van der Waals surface area contributed by atoms with Gasteiger partial charge in [-0.25, -0.2) is 0 Å². The molecule has 0 saturated heterocycles. The quantitative estimate of drug-likeness (QED) is 0.431. The van der Waals surface area contributed by atoms with E-state index in [1.807, 2.05) is 0 Å². The highest BCUT2D eigenvalue weighted by Gasteiger charge is 2.09. The minimum atomic E-state index is -0.183. The monoisotopic (exact) mass is 126 g/mol. The van der Waals surface area contributed by atoms with Gasteiger partial charge in [-0.3, -0.25) is 9.59 Å². The van der Waals surface area contributed by atoms with Gasteiger partial charge in [0.2, 0.25) is 0 Å². The number of Topliss-reactive ketones (excluding diaryl/α,β-unsaturated/α-hetero) is 1. The normalized spacial score (nSPS) is 19.1.